The average Bonchev–Trinajstić information content (AvgIpc) is 3.18. The molecule has 0 unspecified atom stereocenters. The fraction of sp³-hybridized carbons (Fsp3) is 0.391. The van der Waals surface area contributed by atoms with E-state index in [1.54, 1.807) is 12.4 Å². The van der Waals surface area contributed by atoms with E-state index in [0.717, 1.165) is 27.4 Å². The summed E-state index contributed by atoms with van der Waals surface area (Å²) in [6.07, 6.45) is 4.77. The van der Waals surface area contributed by atoms with E-state index in [9.17, 15) is 15.0 Å². The molecule has 2 heterocycles. The Morgan fingerprint density at radius 2 is 2.06 bits per heavy atom. The van der Waals surface area contributed by atoms with E-state index in [1.165, 1.54) is 11.3 Å². The van der Waals surface area contributed by atoms with Gasteiger partial charge in [0, 0.05) is 23.8 Å². The molecule has 0 spiro atoms. The third kappa shape index (κ3) is 4.60. The highest BCUT2D eigenvalue weighted by atomic mass is 32.1. The maximum absolute atomic E-state index is 11.4. The van der Waals surface area contributed by atoms with Gasteiger partial charge in [-0.3, -0.25) is 4.79 Å². The highest BCUT2D eigenvalue weighted by Gasteiger charge is 2.43. The number of anilines is 2. The maximum atomic E-state index is 11.4. The average molecular weight is 439 g/mol. The van der Waals surface area contributed by atoms with Crippen LogP contribution in [0.3, 0.4) is 0 Å². The van der Waals surface area contributed by atoms with E-state index >= 15 is 0 Å². The highest BCUT2D eigenvalue weighted by molar-refractivity contribution is 7.15. The van der Waals surface area contributed by atoms with Gasteiger partial charge in [0.2, 0.25) is 5.95 Å². The zero-order chi connectivity index (χ0) is 22.2. The quantitative estimate of drug-likeness (QED) is 0.531. The van der Waals surface area contributed by atoms with Gasteiger partial charge in [-0.05, 0) is 68.4 Å². The number of hydrogen-bond acceptors (Lipinski definition) is 7. The van der Waals surface area contributed by atoms with Crippen molar-refractivity contribution in [2.75, 3.05) is 5.32 Å². The Balaban J connectivity index is 1.58. The van der Waals surface area contributed by atoms with Crippen LogP contribution in [0.5, 0.6) is 0 Å². The molecule has 1 aliphatic carbocycles. The lowest BCUT2D eigenvalue weighted by molar-refractivity contribution is -0.148. The van der Waals surface area contributed by atoms with Crippen molar-refractivity contribution in [3.8, 4) is 10.4 Å². The summed E-state index contributed by atoms with van der Waals surface area (Å²) in [6.45, 7) is 5.84. The van der Waals surface area contributed by atoms with Crippen LogP contribution in [0, 0.1) is 25.7 Å². The van der Waals surface area contributed by atoms with E-state index in [4.69, 9.17) is 0 Å². The number of thiazole rings is 1. The van der Waals surface area contributed by atoms with Crippen molar-refractivity contribution in [3.63, 3.8) is 0 Å². The van der Waals surface area contributed by atoms with Gasteiger partial charge in [-0.15, -0.1) is 11.3 Å². The molecule has 162 valence electrons. The minimum absolute atomic E-state index is 0.104. The Hall–Kier alpha value is -2.84. The van der Waals surface area contributed by atoms with Crippen molar-refractivity contribution in [2.45, 2.75) is 45.6 Å². The molecule has 2 aromatic heterocycles. The molecule has 0 amide bonds. The molecule has 0 bridgehead atoms. The SMILES string of the molecule is Cc1cc(Nc2nccc(C)n2)cc(-c2cnc([C@@]3(O)CC[C@H](C(=O)O)[C@H](C)C3)s2)c1. The molecule has 0 radical (unpaired) electrons. The van der Waals surface area contributed by atoms with Crippen LogP contribution < -0.4 is 5.32 Å². The van der Waals surface area contributed by atoms with E-state index in [0.29, 0.717) is 30.2 Å². The first-order valence-electron chi connectivity index (χ1n) is 10.3. The lowest BCUT2D eigenvalue weighted by Gasteiger charge is -2.37. The molecule has 4 rings (SSSR count). The third-order valence-electron chi connectivity index (χ3n) is 5.85. The van der Waals surface area contributed by atoms with Gasteiger partial charge in [0.1, 0.15) is 10.6 Å². The Labute approximate surface area is 185 Å². The van der Waals surface area contributed by atoms with Gasteiger partial charge in [0.15, 0.2) is 0 Å². The molecule has 1 aromatic carbocycles. The largest absolute Gasteiger partial charge is 0.481 e. The molecule has 31 heavy (non-hydrogen) atoms. The molecule has 3 N–H and O–H groups in total. The smallest absolute Gasteiger partial charge is 0.306 e. The zero-order valence-electron chi connectivity index (χ0n) is 17.8. The molecule has 7 nitrogen and oxygen atoms in total. The predicted molar refractivity (Wildman–Crippen MR) is 120 cm³/mol. The summed E-state index contributed by atoms with van der Waals surface area (Å²) >= 11 is 1.46. The molecule has 1 aliphatic rings. The first-order valence-corrected chi connectivity index (χ1v) is 11.2. The molecule has 1 saturated carbocycles. The molecule has 0 saturated heterocycles. The normalized spacial score (nSPS) is 23.5. The number of rotatable bonds is 5. The molecule has 8 heteroatoms. The van der Waals surface area contributed by atoms with Gasteiger partial charge in [0.25, 0.3) is 0 Å². The van der Waals surface area contributed by atoms with Crippen LogP contribution in [0.4, 0.5) is 11.6 Å². The summed E-state index contributed by atoms with van der Waals surface area (Å²) in [4.78, 5) is 25.5. The number of benzene rings is 1. The van der Waals surface area contributed by atoms with Crippen LogP contribution in [0.1, 0.15) is 42.5 Å². The van der Waals surface area contributed by atoms with Crippen molar-refractivity contribution in [3.05, 3.63) is 52.9 Å². The van der Waals surface area contributed by atoms with Crippen LogP contribution in [-0.4, -0.2) is 31.1 Å². The van der Waals surface area contributed by atoms with Crippen molar-refractivity contribution in [2.24, 2.45) is 11.8 Å². The molecule has 0 aliphatic heterocycles. The van der Waals surface area contributed by atoms with Gasteiger partial charge in [-0.1, -0.05) is 13.0 Å². The van der Waals surface area contributed by atoms with Gasteiger partial charge in [0.05, 0.1) is 10.8 Å². The summed E-state index contributed by atoms with van der Waals surface area (Å²) in [7, 11) is 0. The summed E-state index contributed by atoms with van der Waals surface area (Å²) in [5, 5.41) is 24.5. The van der Waals surface area contributed by atoms with Crippen molar-refractivity contribution >= 4 is 28.9 Å². The van der Waals surface area contributed by atoms with Crippen molar-refractivity contribution < 1.29 is 15.0 Å². The molecule has 3 aromatic rings. The monoisotopic (exact) mass is 438 g/mol. The summed E-state index contributed by atoms with van der Waals surface area (Å²) in [5.41, 5.74) is 2.77. The fourth-order valence-electron chi connectivity index (χ4n) is 4.28. The number of aryl methyl sites for hydroxylation is 2. The fourth-order valence-corrected chi connectivity index (χ4v) is 5.31. The molecular weight excluding hydrogens is 412 g/mol. The Morgan fingerprint density at radius 1 is 1.26 bits per heavy atom. The lowest BCUT2D eigenvalue weighted by Crippen LogP contribution is -2.38. The number of aliphatic hydroxyl groups is 1. The van der Waals surface area contributed by atoms with Crippen LogP contribution in [0.25, 0.3) is 10.4 Å². The van der Waals surface area contributed by atoms with E-state index in [1.807, 2.05) is 39.0 Å². The van der Waals surface area contributed by atoms with E-state index in [2.05, 4.69) is 26.3 Å². The van der Waals surface area contributed by atoms with Crippen LogP contribution in [0.15, 0.2) is 36.7 Å². The van der Waals surface area contributed by atoms with E-state index in [-0.39, 0.29) is 5.92 Å². The van der Waals surface area contributed by atoms with Crippen LogP contribution in [0.2, 0.25) is 0 Å². The Kier molecular flexibility index (Phi) is 5.77. The molecule has 3 atom stereocenters. The second-order valence-electron chi connectivity index (χ2n) is 8.46. The molecule has 1 fully saturated rings. The predicted octanol–water partition coefficient (Wildman–Crippen LogP) is 4.67. The van der Waals surface area contributed by atoms with E-state index < -0.39 is 17.5 Å². The number of aliphatic carboxylic acids is 1. The summed E-state index contributed by atoms with van der Waals surface area (Å²) < 4.78 is 0. The van der Waals surface area contributed by atoms with Gasteiger partial charge < -0.3 is 15.5 Å². The van der Waals surface area contributed by atoms with Gasteiger partial charge in [-0.2, -0.15) is 0 Å². The van der Waals surface area contributed by atoms with Gasteiger partial charge in [-0.25, -0.2) is 15.0 Å². The maximum Gasteiger partial charge on any atom is 0.306 e. The number of aromatic nitrogens is 3. The molecular formula is C23H26N4O3S. The summed E-state index contributed by atoms with van der Waals surface area (Å²) in [6, 6.07) is 7.97. The Bertz CT molecular complexity index is 1120. The number of carboxylic acid groups (broad SMARTS) is 1. The highest BCUT2D eigenvalue weighted by Crippen LogP contribution is 2.45. The second kappa shape index (κ2) is 8.36. The number of nitrogens with zero attached hydrogens (tertiary/aromatic N) is 3. The first kappa shape index (κ1) is 21.4. The number of nitrogens with one attached hydrogen (secondary N) is 1. The van der Waals surface area contributed by atoms with Crippen LogP contribution >= 0.6 is 11.3 Å². The number of carboxylic acids is 1. The van der Waals surface area contributed by atoms with Gasteiger partial charge >= 0.3 is 5.97 Å². The summed E-state index contributed by atoms with van der Waals surface area (Å²) in [5.74, 6) is -0.756. The minimum Gasteiger partial charge on any atom is -0.481 e. The zero-order valence-corrected chi connectivity index (χ0v) is 18.6. The van der Waals surface area contributed by atoms with Crippen molar-refractivity contribution in [1.29, 1.82) is 0 Å². The number of hydrogen-bond donors (Lipinski definition) is 3. The topological polar surface area (TPSA) is 108 Å². The number of carbonyl (C=O) groups is 1. The third-order valence-corrected chi connectivity index (χ3v) is 7.09. The van der Waals surface area contributed by atoms with Crippen molar-refractivity contribution in [1.82, 2.24) is 15.0 Å². The van der Waals surface area contributed by atoms with Crippen LogP contribution in [-0.2, 0) is 10.4 Å². The minimum atomic E-state index is -1.07. The second-order valence-corrected chi connectivity index (χ2v) is 9.49. The standard InChI is InChI=1S/C23H26N4O3S/c1-13-8-16(10-17(9-13)27-22-24-7-5-15(3)26-22)19-12-25-21(31-19)23(30)6-4-18(20(28)29)14(2)11-23/h5,7-10,12,14,18,30H,4,6,11H2,1-3H3,(H,28,29)(H,24,26,27)/t14-,18+,23-/m1/s1. The lowest BCUT2D eigenvalue weighted by atomic mass is 9.72. The Morgan fingerprint density at radius 3 is 2.77 bits per heavy atom. The first-order chi connectivity index (χ1) is 14.7.